The van der Waals surface area contributed by atoms with Gasteiger partial charge >= 0.3 is 0 Å². The van der Waals surface area contributed by atoms with Crippen molar-refractivity contribution in [3.05, 3.63) is 6.42 Å². The molecular weight excluding hydrogens is 163 g/mol. The molecule has 0 bridgehead atoms. The average Bonchev–Trinajstić information content (AvgIpc) is 2.16. The summed E-state index contributed by atoms with van der Waals surface area (Å²) >= 11 is 0. The van der Waals surface area contributed by atoms with Crippen molar-refractivity contribution in [2.45, 2.75) is 64.7 Å². The molecule has 0 unspecified atom stereocenters. The number of unbranched alkanes of at least 4 members (excludes halogenated alkanes) is 9. The van der Waals surface area contributed by atoms with Gasteiger partial charge in [0.1, 0.15) is 0 Å². The van der Waals surface area contributed by atoms with Crippen LogP contribution in [0.25, 0.3) is 0 Å². The first-order chi connectivity index (χ1) is 6.41. The van der Waals surface area contributed by atoms with Crippen molar-refractivity contribution >= 4 is 0 Å². The van der Waals surface area contributed by atoms with Gasteiger partial charge in [0.2, 0.25) is 0 Å². The number of alkyl halides is 1. The summed E-state index contributed by atoms with van der Waals surface area (Å²) in [6.45, 7) is 1.99. The molecular formula is C12H24F. The zero-order chi connectivity index (χ0) is 9.78. The minimum atomic E-state index is -0.133. The second-order valence-electron chi connectivity index (χ2n) is 3.71. The van der Waals surface area contributed by atoms with E-state index >= 15 is 0 Å². The van der Waals surface area contributed by atoms with Crippen LogP contribution in [0.15, 0.2) is 0 Å². The molecule has 0 saturated carbocycles. The van der Waals surface area contributed by atoms with Crippen molar-refractivity contribution in [3.63, 3.8) is 0 Å². The van der Waals surface area contributed by atoms with Crippen LogP contribution in [0.1, 0.15) is 64.7 Å². The predicted octanol–water partition coefficient (Wildman–Crippen LogP) is 4.69. The van der Waals surface area contributed by atoms with Crippen LogP contribution in [0.4, 0.5) is 4.39 Å². The summed E-state index contributed by atoms with van der Waals surface area (Å²) < 4.78 is 11.7. The molecule has 0 aliphatic carbocycles. The highest BCUT2D eigenvalue weighted by Crippen LogP contribution is 2.10. The lowest BCUT2D eigenvalue weighted by Gasteiger charge is -2.00. The van der Waals surface area contributed by atoms with E-state index in [9.17, 15) is 4.39 Å². The Balaban J connectivity index is 2.76. The van der Waals surface area contributed by atoms with E-state index < -0.39 is 0 Å². The Bertz CT molecular complexity index is 71.2. The second kappa shape index (κ2) is 11.9. The van der Waals surface area contributed by atoms with E-state index in [0.29, 0.717) is 0 Å². The van der Waals surface area contributed by atoms with Crippen LogP contribution in [0.2, 0.25) is 0 Å². The van der Waals surface area contributed by atoms with Gasteiger partial charge < -0.3 is 0 Å². The maximum atomic E-state index is 11.7. The monoisotopic (exact) mass is 187 g/mol. The maximum absolute atomic E-state index is 11.7. The van der Waals surface area contributed by atoms with E-state index in [-0.39, 0.29) is 6.67 Å². The summed E-state index contributed by atoms with van der Waals surface area (Å²) in [5.74, 6) is 0. The molecule has 79 valence electrons. The molecule has 0 rings (SSSR count). The number of hydrogen-bond donors (Lipinski definition) is 0. The van der Waals surface area contributed by atoms with Gasteiger partial charge in [-0.15, -0.1) is 0 Å². The SMILES string of the molecule is C[CH]CCCCCCCCCCF. The fraction of sp³-hybridized carbons (Fsp3) is 0.917. The van der Waals surface area contributed by atoms with Crippen molar-refractivity contribution in [2.75, 3.05) is 6.67 Å². The molecule has 0 heterocycles. The van der Waals surface area contributed by atoms with Crippen LogP contribution < -0.4 is 0 Å². The maximum Gasteiger partial charge on any atom is 0.0894 e. The quantitative estimate of drug-likeness (QED) is 0.435. The van der Waals surface area contributed by atoms with Crippen molar-refractivity contribution in [2.24, 2.45) is 0 Å². The third-order valence-corrected chi connectivity index (χ3v) is 2.38. The van der Waals surface area contributed by atoms with Crippen LogP contribution in [-0.4, -0.2) is 6.67 Å². The summed E-state index contributed by atoms with van der Waals surface area (Å²) in [6, 6.07) is 0. The largest absolute Gasteiger partial charge is 0.251 e. The molecule has 0 aliphatic heterocycles. The van der Waals surface area contributed by atoms with E-state index in [1.54, 1.807) is 0 Å². The first-order valence-electron chi connectivity index (χ1n) is 5.75. The zero-order valence-corrected chi connectivity index (χ0v) is 9.03. The van der Waals surface area contributed by atoms with Gasteiger partial charge in [-0.3, -0.25) is 4.39 Å². The Morgan fingerprint density at radius 2 is 1.23 bits per heavy atom. The molecule has 0 aliphatic rings. The van der Waals surface area contributed by atoms with Crippen LogP contribution in [0, 0.1) is 6.42 Å². The lowest BCUT2D eigenvalue weighted by molar-refractivity contribution is 0.449. The molecule has 0 N–H and O–H groups in total. The molecule has 0 amide bonds. The molecule has 0 saturated heterocycles. The lowest BCUT2D eigenvalue weighted by atomic mass is 10.1. The van der Waals surface area contributed by atoms with Gasteiger partial charge in [0.05, 0.1) is 6.67 Å². The topological polar surface area (TPSA) is 0 Å². The van der Waals surface area contributed by atoms with E-state index in [4.69, 9.17) is 0 Å². The fourth-order valence-corrected chi connectivity index (χ4v) is 1.50. The minimum Gasteiger partial charge on any atom is -0.251 e. The molecule has 1 radical (unpaired) electrons. The minimum absolute atomic E-state index is 0.133. The normalized spacial score (nSPS) is 10.6. The first-order valence-corrected chi connectivity index (χ1v) is 5.75. The highest BCUT2D eigenvalue weighted by Gasteiger charge is 1.91. The predicted molar refractivity (Wildman–Crippen MR) is 57.5 cm³/mol. The molecule has 1 heteroatoms. The van der Waals surface area contributed by atoms with Crippen molar-refractivity contribution < 1.29 is 4.39 Å². The van der Waals surface area contributed by atoms with Crippen LogP contribution in [-0.2, 0) is 0 Å². The molecule has 0 aromatic rings. The Morgan fingerprint density at radius 1 is 0.769 bits per heavy atom. The Hall–Kier alpha value is -0.0700. The van der Waals surface area contributed by atoms with Crippen molar-refractivity contribution in [3.8, 4) is 0 Å². The van der Waals surface area contributed by atoms with E-state index in [2.05, 4.69) is 13.3 Å². The van der Waals surface area contributed by atoms with E-state index in [1.807, 2.05) is 0 Å². The van der Waals surface area contributed by atoms with Gasteiger partial charge in [-0.25, -0.2) is 0 Å². The number of hydrogen-bond acceptors (Lipinski definition) is 0. The Labute approximate surface area is 82.9 Å². The molecule has 0 spiro atoms. The summed E-state index contributed by atoms with van der Waals surface area (Å²) in [7, 11) is 0. The molecule has 0 aromatic carbocycles. The number of rotatable bonds is 10. The van der Waals surface area contributed by atoms with Crippen LogP contribution in [0.5, 0.6) is 0 Å². The van der Waals surface area contributed by atoms with Crippen LogP contribution in [0.3, 0.4) is 0 Å². The van der Waals surface area contributed by atoms with Crippen molar-refractivity contribution in [1.29, 1.82) is 0 Å². The zero-order valence-electron chi connectivity index (χ0n) is 9.03. The van der Waals surface area contributed by atoms with Gasteiger partial charge in [0.15, 0.2) is 0 Å². The second-order valence-corrected chi connectivity index (χ2v) is 3.71. The molecule has 0 atom stereocenters. The fourth-order valence-electron chi connectivity index (χ4n) is 1.50. The van der Waals surface area contributed by atoms with E-state index in [1.165, 1.54) is 44.9 Å². The third kappa shape index (κ3) is 11.9. The smallest absolute Gasteiger partial charge is 0.0894 e. The summed E-state index contributed by atoms with van der Waals surface area (Å²) in [5.41, 5.74) is 0. The average molecular weight is 187 g/mol. The van der Waals surface area contributed by atoms with Crippen LogP contribution >= 0.6 is 0 Å². The van der Waals surface area contributed by atoms with Gasteiger partial charge in [-0.05, 0) is 12.8 Å². The first kappa shape index (κ1) is 12.9. The third-order valence-electron chi connectivity index (χ3n) is 2.38. The van der Waals surface area contributed by atoms with Crippen molar-refractivity contribution in [1.82, 2.24) is 0 Å². The highest BCUT2D eigenvalue weighted by molar-refractivity contribution is 4.55. The summed E-state index contributed by atoms with van der Waals surface area (Å²) in [5, 5.41) is 0. The Morgan fingerprint density at radius 3 is 1.69 bits per heavy atom. The summed E-state index contributed by atoms with van der Waals surface area (Å²) in [6.07, 6.45) is 13.3. The van der Waals surface area contributed by atoms with Gasteiger partial charge in [-0.2, -0.15) is 0 Å². The molecule has 0 fully saturated rings. The van der Waals surface area contributed by atoms with Gasteiger partial charge in [-0.1, -0.05) is 58.3 Å². The molecule has 0 aromatic heterocycles. The molecule has 0 nitrogen and oxygen atoms in total. The molecule has 13 heavy (non-hydrogen) atoms. The Kier molecular flexibility index (Phi) is 11.9. The van der Waals surface area contributed by atoms with Gasteiger partial charge in [0, 0.05) is 0 Å². The lowest BCUT2D eigenvalue weighted by Crippen LogP contribution is -1.82. The standard InChI is InChI=1S/C12H24F/c1-2-3-4-5-6-7-8-9-10-11-12-13/h2H,3-12H2,1H3. The van der Waals surface area contributed by atoms with Gasteiger partial charge in [0.25, 0.3) is 0 Å². The highest BCUT2D eigenvalue weighted by atomic mass is 19.1. The number of halogens is 1. The van der Waals surface area contributed by atoms with E-state index in [0.717, 1.165) is 12.8 Å². The summed E-state index contributed by atoms with van der Waals surface area (Å²) in [4.78, 5) is 0.